The number of anilines is 1. The monoisotopic (exact) mass is 232 g/mol. The average molecular weight is 233 g/mol. The van der Waals surface area contributed by atoms with E-state index in [2.05, 4.69) is 5.32 Å². The number of urea groups is 1. The molecule has 0 fully saturated rings. The molecule has 76 valence electrons. The predicted molar refractivity (Wildman–Crippen MR) is 59.1 cm³/mol. The van der Waals surface area contributed by atoms with Gasteiger partial charge in [-0.3, -0.25) is 0 Å². The molecule has 0 aliphatic rings. The van der Waals surface area contributed by atoms with E-state index in [4.69, 9.17) is 28.9 Å². The lowest BCUT2D eigenvalue weighted by molar-refractivity contribution is 0.259. The Balaban J connectivity index is 3.25. The van der Waals surface area contributed by atoms with Crippen molar-refractivity contribution in [2.24, 2.45) is 5.73 Å². The molecule has 0 heterocycles. The smallest absolute Gasteiger partial charge is 0.316 e. The zero-order chi connectivity index (χ0) is 10.9. The van der Waals surface area contributed by atoms with Crippen LogP contribution in [0.1, 0.15) is 11.1 Å². The lowest BCUT2D eigenvalue weighted by Crippen LogP contribution is -2.20. The number of hydrogen-bond donors (Lipinski definition) is 2. The van der Waals surface area contributed by atoms with E-state index in [9.17, 15) is 4.79 Å². The van der Waals surface area contributed by atoms with Gasteiger partial charge in [-0.2, -0.15) is 0 Å². The molecule has 1 rings (SSSR count). The van der Waals surface area contributed by atoms with Gasteiger partial charge in [-0.15, -0.1) is 0 Å². The van der Waals surface area contributed by atoms with Crippen LogP contribution >= 0.6 is 23.2 Å². The second-order valence-electron chi connectivity index (χ2n) is 2.96. The summed E-state index contributed by atoms with van der Waals surface area (Å²) < 4.78 is 0. The van der Waals surface area contributed by atoms with E-state index >= 15 is 0 Å². The predicted octanol–water partition coefficient (Wildman–Crippen LogP) is 3.10. The number of carbonyl (C=O) groups is 1. The van der Waals surface area contributed by atoms with Crippen molar-refractivity contribution in [3.8, 4) is 0 Å². The summed E-state index contributed by atoms with van der Waals surface area (Å²) in [6.45, 7) is 3.67. The van der Waals surface area contributed by atoms with Crippen molar-refractivity contribution in [3.63, 3.8) is 0 Å². The summed E-state index contributed by atoms with van der Waals surface area (Å²) >= 11 is 11.8. The lowest BCUT2D eigenvalue weighted by atomic mass is 10.1. The maximum atomic E-state index is 10.7. The summed E-state index contributed by atoms with van der Waals surface area (Å²) in [4.78, 5) is 10.7. The van der Waals surface area contributed by atoms with E-state index in [0.29, 0.717) is 15.7 Å². The van der Waals surface area contributed by atoms with Gasteiger partial charge in [-0.05, 0) is 31.0 Å². The molecule has 0 aliphatic heterocycles. The fraction of sp³-hybridized carbons (Fsp3) is 0.222. The van der Waals surface area contributed by atoms with Crippen LogP contribution < -0.4 is 11.1 Å². The molecule has 0 atom stereocenters. The summed E-state index contributed by atoms with van der Waals surface area (Å²) in [5, 5.41) is 3.38. The molecule has 0 aliphatic carbocycles. The minimum Gasteiger partial charge on any atom is -0.351 e. The van der Waals surface area contributed by atoms with Crippen LogP contribution in [0, 0.1) is 13.8 Å². The van der Waals surface area contributed by atoms with Gasteiger partial charge in [0.25, 0.3) is 0 Å². The topological polar surface area (TPSA) is 55.1 Å². The van der Waals surface area contributed by atoms with Gasteiger partial charge in [0.2, 0.25) is 0 Å². The fourth-order valence-corrected chi connectivity index (χ4v) is 1.55. The van der Waals surface area contributed by atoms with Gasteiger partial charge in [0.15, 0.2) is 0 Å². The number of amides is 2. The number of carbonyl (C=O) groups excluding carboxylic acids is 1. The third-order valence-corrected chi connectivity index (χ3v) is 2.92. The van der Waals surface area contributed by atoms with Gasteiger partial charge < -0.3 is 11.1 Å². The molecule has 0 aromatic heterocycles. The van der Waals surface area contributed by atoms with Crippen LogP contribution in [0.15, 0.2) is 6.07 Å². The van der Waals surface area contributed by atoms with Crippen molar-refractivity contribution < 1.29 is 4.79 Å². The summed E-state index contributed by atoms with van der Waals surface area (Å²) in [5.74, 6) is 0. The second-order valence-corrected chi connectivity index (χ2v) is 3.74. The molecule has 3 N–H and O–H groups in total. The standard InChI is InChI=1S/C9H10Cl2N2O/c1-4-5(2)8(11)6(10)3-7(4)13-9(12)14/h3H,1-2H3,(H3,12,13,14). The Kier molecular flexibility index (Phi) is 3.24. The molecule has 1 aromatic carbocycles. The Morgan fingerprint density at radius 1 is 1.36 bits per heavy atom. The molecule has 2 amide bonds. The molecule has 3 nitrogen and oxygen atoms in total. The maximum Gasteiger partial charge on any atom is 0.316 e. The van der Waals surface area contributed by atoms with E-state index in [-0.39, 0.29) is 0 Å². The van der Waals surface area contributed by atoms with Gasteiger partial charge in [-0.1, -0.05) is 23.2 Å². The van der Waals surface area contributed by atoms with E-state index in [1.54, 1.807) is 6.07 Å². The first-order chi connectivity index (χ1) is 6.43. The van der Waals surface area contributed by atoms with E-state index < -0.39 is 6.03 Å². The Morgan fingerprint density at radius 3 is 2.43 bits per heavy atom. The molecule has 0 saturated carbocycles. The van der Waals surface area contributed by atoms with E-state index in [0.717, 1.165) is 11.1 Å². The maximum absolute atomic E-state index is 10.7. The Bertz CT molecular complexity index is 391. The fourth-order valence-electron chi connectivity index (χ4n) is 1.11. The molecule has 0 radical (unpaired) electrons. The number of benzene rings is 1. The third-order valence-electron chi connectivity index (χ3n) is 2.03. The first-order valence-electron chi connectivity index (χ1n) is 3.95. The largest absolute Gasteiger partial charge is 0.351 e. The molecule has 0 unspecified atom stereocenters. The molecular weight excluding hydrogens is 223 g/mol. The normalized spacial score (nSPS) is 10.0. The average Bonchev–Trinajstić information content (AvgIpc) is 2.10. The summed E-state index contributed by atoms with van der Waals surface area (Å²) in [6.07, 6.45) is 0. The van der Waals surface area contributed by atoms with Crippen LogP contribution in [0.3, 0.4) is 0 Å². The first-order valence-corrected chi connectivity index (χ1v) is 4.70. The highest BCUT2D eigenvalue weighted by Gasteiger charge is 2.10. The van der Waals surface area contributed by atoms with E-state index in [1.165, 1.54) is 0 Å². The summed E-state index contributed by atoms with van der Waals surface area (Å²) in [5.41, 5.74) is 7.29. The molecule has 14 heavy (non-hydrogen) atoms. The van der Waals surface area contributed by atoms with Crippen LogP contribution in [0.5, 0.6) is 0 Å². The molecular formula is C9H10Cl2N2O. The Morgan fingerprint density at radius 2 is 1.93 bits per heavy atom. The van der Waals surface area contributed by atoms with Crippen LogP contribution in [0.25, 0.3) is 0 Å². The van der Waals surface area contributed by atoms with Crippen LogP contribution in [0.4, 0.5) is 10.5 Å². The summed E-state index contributed by atoms with van der Waals surface area (Å²) in [6, 6.07) is 0.961. The van der Waals surface area contributed by atoms with Crippen molar-refractivity contribution in [2.45, 2.75) is 13.8 Å². The van der Waals surface area contributed by atoms with Crippen molar-refractivity contribution >= 4 is 34.9 Å². The minimum atomic E-state index is -0.620. The van der Waals surface area contributed by atoms with Crippen molar-refractivity contribution in [1.29, 1.82) is 0 Å². The Hall–Kier alpha value is -0.930. The molecule has 0 spiro atoms. The zero-order valence-electron chi connectivity index (χ0n) is 7.82. The van der Waals surface area contributed by atoms with Gasteiger partial charge in [0, 0.05) is 5.69 Å². The SMILES string of the molecule is Cc1c(NC(N)=O)cc(Cl)c(Cl)c1C. The number of hydrogen-bond acceptors (Lipinski definition) is 1. The lowest BCUT2D eigenvalue weighted by Gasteiger charge is -2.11. The highest BCUT2D eigenvalue weighted by atomic mass is 35.5. The minimum absolute atomic E-state index is 0.401. The number of nitrogens with two attached hydrogens (primary N) is 1. The van der Waals surface area contributed by atoms with E-state index in [1.807, 2.05) is 13.8 Å². The van der Waals surface area contributed by atoms with Gasteiger partial charge in [0.05, 0.1) is 10.0 Å². The first kappa shape index (κ1) is 11.1. The number of rotatable bonds is 1. The second kappa shape index (κ2) is 4.07. The van der Waals surface area contributed by atoms with Crippen molar-refractivity contribution in [2.75, 3.05) is 5.32 Å². The van der Waals surface area contributed by atoms with Gasteiger partial charge in [0.1, 0.15) is 0 Å². The van der Waals surface area contributed by atoms with Crippen molar-refractivity contribution in [1.82, 2.24) is 0 Å². The third kappa shape index (κ3) is 2.11. The van der Waals surface area contributed by atoms with Gasteiger partial charge >= 0.3 is 6.03 Å². The van der Waals surface area contributed by atoms with Crippen molar-refractivity contribution in [3.05, 3.63) is 27.2 Å². The van der Waals surface area contributed by atoms with Crippen LogP contribution in [-0.4, -0.2) is 6.03 Å². The quantitative estimate of drug-likeness (QED) is 0.769. The highest BCUT2D eigenvalue weighted by molar-refractivity contribution is 6.42. The molecule has 1 aromatic rings. The molecule has 5 heteroatoms. The van der Waals surface area contributed by atoms with Gasteiger partial charge in [-0.25, -0.2) is 4.79 Å². The number of primary amides is 1. The van der Waals surface area contributed by atoms with Crippen LogP contribution in [0.2, 0.25) is 10.0 Å². The van der Waals surface area contributed by atoms with Crippen LogP contribution in [-0.2, 0) is 0 Å². The number of halogens is 2. The molecule has 0 saturated heterocycles. The number of nitrogens with one attached hydrogen (secondary N) is 1. The Labute approximate surface area is 92.2 Å². The molecule has 0 bridgehead atoms. The highest BCUT2D eigenvalue weighted by Crippen LogP contribution is 2.32. The zero-order valence-corrected chi connectivity index (χ0v) is 9.33. The summed E-state index contributed by atoms with van der Waals surface area (Å²) in [7, 11) is 0.